The van der Waals surface area contributed by atoms with E-state index in [0.29, 0.717) is 0 Å². The van der Waals surface area contributed by atoms with Crippen molar-refractivity contribution in [1.82, 2.24) is 0 Å². The Hall–Kier alpha value is 0.0125. The van der Waals surface area contributed by atoms with Crippen LogP contribution in [0.15, 0.2) is 22.7 Å². The molecule has 0 aromatic rings. The Balaban J connectivity index is 2.47. The first-order valence-corrected chi connectivity index (χ1v) is 6.35. The maximum atomic E-state index is 2.33. The van der Waals surface area contributed by atoms with E-state index in [1.807, 2.05) is 0 Å². The third kappa shape index (κ3) is 1.75. The third-order valence-electron chi connectivity index (χ3n) is 1.80. The predicted molar refractivity (Wildman–Crippen MR) is 42.8 cm³/mol. The van der Waals surface area contributed by atoms with E-state index < -0.39 is 0 Å². The minimum absolute atomic E-state index is 0.317. The van der Waals surface area contributed by atoms with Crippen molar-refractivity contribution in [2.24, 2.45) is 0 Å². The Bertz CT molecular complexity index is 152. The van der Waals surface area contributed by atoms with Gasteiger partial charge < -0.3 is 0 Å². The molecule has 0 amide bonds. The molecule has 0 spiro atoms. The Labute approximate surface area is 68.0 Å². The monoisotopic (exact) mass is 175 g/mol. The molecule has 1 aliphatic carbocycles. The van der Waals surface area contributed by atoms with E-state index in [2.05, 4.69) is 32.1 Å². The van der Waals surface area contributed by atoms with Crippen LogP contribution in [-0.2, 0) is 14.1 Å². The molecule has 0 nitrogen and oxygen atoms in total. The van der Waals surface area contributed by atoms with Crippen molar-refractivity contribution in [3.05, 3.63) is 22.7 Å². The first kappa shape index (κ1) is 8.11. The molecule has 1 heteroatoms. The zero-order valence-electron chi connectivity index (χ0n) is 6.76. The van der Waals surface area contributed by atoms with Gasteiger partial charge in [-0.1, -0.05) is 0 Å². The van der Waals surface area contributed by atoms with Crippen LogP contribution in [0.1, 0.15) is 20.3 Å². The zero-order chi connectivity index (χ0) is 7.40. The van der Waals surface area contributed by atoms with E-state index in [9.17, 15) is 0 Å². The first-order valence-electron chi connectivity index (χ1n) is 3.91. The molecule has 0 heterocycles. The van der Waals surface area contributed by atoms with Gasteiger partial charge >= 0.3 is 67.6 Å². The molecular formula is C9H15Cr. The van der Waals surface area contributed by atoms with Crippen LogP contribution < -0.4 is 0 Å². The fourth-order valence-electron chi connectivity index (χ4n) is 1.22. The molecule has 0 bridgehead atoms. The van der Waals surface area contributed by atoms with Crippen molar-refractivity contribution in [2.45, 2.75) is 30.8 Å². The number of hydrogen-bond donors (Lipinski definition) is 0. The molecule has 0 aromatic carbocycles. The molecule has 0 aliphatic heterocycles. The van der Waals surface area contributed by atoms with Gasteiger partial charge in [0.15, 0.2) is 0 Å². The van der Waals surface area contributed by atoms with Gasteiger partial charge in [-0.2, -0.15) is 0 Å². The maximum absolute atomic E-state index is 2.33. The SMILES string of the molecule is C[CH2][Cr]([CH2]C)[C]1=CC=CC1. The molecular weight excluding hydrogens is 160 g/mol. The van der Waals surface area contributed by atoms with Gasteiger partial charge in [-0.05, 0) is 0 Å². The van der Waals surface area contributed by atoms with Gasteiger partial charge in [-0.15, -0.1) is 0 Å². The van der Waals surface area contributed by atoms with Gasteiger partial charge in [0.25, 0.3) is 0 Å². The van der Waals surface area contributed by atoms with Gasteiger partial charge in [0, 0.05) is 0 Å². The average molecular weight is 175 g/mol. The summed E-state index contributed by atoms with van der Waals surface area (Å²) in [6.45, 7) is 4.65. The molecule has 10 heavy (non-hydrogen) atoms. The first-order chi connectivity index (χ1) is 4.88. The molecule has 1 rings (SSSR count). The predicted octanol–water partition coefficient (Wildman–Crippen LogP) is 3.32. The summed E-state index contributed by atoms with van der Waals surface area (Å²) in [7, 11) is 0. The Morgan fingerprint density at radius 2 is 2.10 bits per heavy atom. The van der Waals surface area contributed by atoms with Gasteiger partial charge in [0.1, 0.15) is 0 Å². The molecule has 0 fully saturated rings. The molecule has 0 saturated heterocycles. The zero-order valence-corrected chi connectivity index (χ0v) is 8.04. The van der Waals surface area contributed by atoms with Crippen LogP contribution in [0.25, 0.3) is 0 Å². The van der Waals surface area contributed by atoms with Gasteiger partial charge in [-0.3, -0.25) is 0 Å². The molecule has 0 N–H and O–H groups in total. The number of rotatable bonds is 3. The summed E-state index contributed by atoms with van der Waals surface area (Å²) in [4.78, 5) is 0. The second-order valence-corrected chi connectivity index (χ2v) is 6.50. The molecule has 0 unspecified atom stereocenters. The summed E-state index contributed by atoms with van der Waals surface area (Å²) in [5.41, 5.74) is 0. The van der Waals surface area contributed by atoms with E-state index in [-0.39, 0.29) is 14.1 Å². The molecule has 0 saturated carbocycles. The van der Waals surface area contributed by atoms with Crippen molar-refractivity contribution >= 4 is 0 Å². The number of hydrogen-bond acceptors (Lipinski definition) is 0. The van der Waals surface area contributed by atoms with Crippen molar-refractivity contribution in [2.75, 3.05) is 0 Å². The van der Waals surface area contributed by atoms with E-state index in [1.165, 1.54) is 17.0 Å². The summed E-state index contributed by atoms with van der Waals surface area (Å²) in [5, 5.41) is 2.84. The van der Waals surface area contributed by atoms with Crippen LogP contribution in [0, 0.1) is 0 Å². The van der Waals surface area contributed by atoms with Crippen LogP contribution in [0.3, 0.4) is 0 Å². The van der Waals surface area contributed by atoms with Crippen LogP contribution >= 0.6 is 0 Å². The topological polar surface area (TPSA) is 0 Å². The second-order valence-electron chi connectivity index (χ2n) is 2.34. The fourth-order valence-corrected chi connectivity index (χ4v) is 3.95. The van der Waals surface area contributed by atoms with Crippen LogP contribution in [0.2, 0.25) is 10.6 Å². The number of allylic oxidation sites excluding steroid dienone is 4. The quantitative estimate of drug-likeness (QED) is 0.617. The average Bonchev–Trinajstić information content (AvgIpc) is 2.43. The van der Waals surface area contributed by atoms with E-state index in [0.717, 1.165) is 0 Å². The van der Waals surface area contributed by atoms with Crippen molar-refractivity contribution in [1.29, 1.82) is 0 Å². The minimum atomic E-state index is -0.317. The molecule has 0 radical (unpaired) electrons. The standard InChI is InChI=1S/C5H5.2C2H5.Cr/c1-2-4-5-3-1;2*1-2;/h1-3H,4H2;2*1H2,2H3;. The normalized spacial score (nSPS) is 16.5. The summed E-state index contributed by atoms with van der Waals surface area (Å²) in [5.74, 6) is 0. The van der Waals surface area contributed by atoms with Crippen molar-refractivity contribution in [3.63, 3.8) is 0 Å². The second kappa shape index (κ2) is 4.01. The van der Waals surface area contributed by atoms with Crippen LogP contribution in [-0.4, -0.2) is 0 Å². The molecule has 0 aromatic heterocycles. The van der Waals surface area contributed by atoms with Crippen LogP contribution in [0.4, 0.5) is 0 Å². The van der Waals surface area contributed by atoms with Crippen molar-refractivity contribution < 1.29 is 14.1 Å². The van der Waals surface area contributed by atoms with Crippen LogP contribution in [0.5, 0.6) is 0 Å². The molecule has 1 aliphatic rings. The summed E-state index contributed by atoms with van der Waals surface area (Å²) in [6.07, 6.45) is 8.07. The van der Waals surface area contributed by atoms with Gasteiger partial charge in [-0.25, -0.2) is 0 Å². The summed E-state index contributed by atoms with van der Waals surface area (Å²) in [6, 6.07) is 0. The molecule has 57 valence electrons. The van der Waals surface area contributed by atoms with E-state index >= 15 is 0 Å². The van der Waals surface area contributed by atoms with Gasteiger partial charge in [0.2, 0.25) is 0 Å². The van der Waals surface area contributed by atoms with E-state index in [4.69, 9.17) is 0 Å². The Morgan fingerprint density at radius 3 is 2.50 bits per heavy atom. The summed E-state index contributed by atoms with van der Waals surface area (Å²) < 4.78 is 1.75. The Morgan fingerprint density at radius 1 is 1.40 bits per heavy atom. The summed E-state index contributed by atoms with van der Waals surface area (Å²) >= 11 is -0.317. The third-order valence-corrected chi connectivity index (χ3v) is 5.61. The van der Waals surface area contributed by atoms with Crippen molar-refractivity contribution in [3.8, 4) is 0 Å². The van der Waals surface area contributed by atoms with E-state index in [1.54, 1.807) is 4.44 Å². The fraction of sp³-hybridized carbons (Fsp3) is 0.556. The Kier molecular flexibility index (Phi) is 3.25. The van der Waals surface area contributed by atoms with Gasteiger partial charge in [0.05, 0.1) is 0 Å². The molecule has 0 atom stereocenters.